The summed E-state index contributed by atoms with van der Waals surface area (Å²) in [4.78, 5) is 7.45. The molecule has 1 aromatic rings. The van der Waals surface area contributed by atoms with Gasteiger partial charge in [0.05, 0.1) is 6.54 Å². The second kappa shape index (κ2) is 10.4. The molecule has 0 bridgehead atoms. The highest BCUT2D eigenvalue weighted by Gasteiger charge is 2.24. The van der Waals surface area contributed by atoms with Crippen LogP contribution in [-0.4, -0.2) is 64.4 Å². The Bertz CT molecular complexity index is 517. The van der Waals surface area contributed by atoms with Crippen molar-refractivity contribution in [1.82, 2.24) is 30.3 Å². The molecular formula is C18H35N7. The molecule has 0 aromatic carbocycles. The number of nitrogens with zero attached hydrogens (tertiary/aromatic N) is 5. The van der Waals surface area contributed by atoms with E-state index in [0.717, 1.165) is 44.4 Å². The predicted molar refractivity (Wildman–Crippen MR) is 103 cm³/mol. The predicted octanol–water partition coefficient (Wildman–Crippen LogP) is 1.52. The third-order valence-electron chi connectivity index (χ3n) is 4.82. The fourth-order valence-electron chi connectivity index (χ4n) is 3.38. The van der Waals surface area contributed by atoms with Gasteiger partial charge in [0.15, 0.2) is 5.96 Å². The van der Waals surface area contributed by atoms with Crippen molar-refractivity contribution < 1.29 is 0 Å². The van der Waals surface area contributed by atoms with E-state index in [2.05, 4.69) is 58.0 Å². The van der Waals surface area contributed by atoms with Gasteiger partial charge < -0.3 is 15.2 Å². The van der Waals surface area contributed by atoms with Crippen LogP contribution in [0.15, 0.2) is 11.3 Å². The molecule has 1 aliphatic heterocycles. The first-order valence-corrected chi connectivity index (χ1v) is 9.78. The van der Waals surface area contributed by atoms with Crippen LogP contribution in [0, 0.1) is 5.92 Å². The average molecular weight is 350 g/mol. The summed E-state index contributed by atoms with van der Waals surface area (Å²) in [5.74, 6) is 2.55. The highest BCUT2D eigenvalue weighted by molar-refractivity contribution is 5.79. The summed E-state index contributed by atoms with van der Waals surface area (Å²) >= 11 is 0. The third-order valence-corrected chi connectivity index (χ3v) is 4.82. The van der Waals surface area contributed by atoms with E-state index in [1.165, 1.54) is 25.9 Å². The zero-order valence-electron chi connectivity index (χ0n) is 16.3. The Labute approximate surface area is 152 Å². The fourth-order valence-corrected chi connectivity index (χ4v) is 3.38. The SMILES string of the molecule is CCNC(=NCC(C(C)C)N1CCCC1)NCCn1cnnc1CC. The summed E-state index contributed by atoms with van der Waals surface area (Å²) in [5, 5.41) is 14.9. The van der Waals surface area contributed by atoms with Crippen LogP contribution in [0.1, 0.15) is 46.4 Å². The van der Waals surface area contributed by atoms with E-state index < -0.39 is 0 Å². The van der Waals surface area contributed by atoms with E-state index in [1.54, 1.807) is 6.33 Å². The monoisotopic (exact) mass is 349 g/mol. The molecule has 1 aliphatic rings. The molecule has 1 unspecified atom stereocenters. The number of hydrogen-bond acceptors (Lipinski definition) is 4. The van der Waals surface area contributed by atoms with E-state index in [-0.39, 0.29) is 0 Å². The standard InChI is InChI=1S/C18H35N7/c1-5-17-23-22-14-25(17)12-9-20-18(19-6-2)21-13-16(15(3)4)24-10-7-8-11-24/h14-16H,5-13H2,1-4H3,(H2,19,20,21). The summed E-state index contributed by atoms with van der Waals surface area (Å²) in [6, 6.07) is 0.530. The lowest BCUT2D eigenvalue weighted by molar-refractivity contribution is 0.197. The molecule has 0 amide bonds. The van der Waals surface area contributed by atoms with Crippen molar-refractivity contribution in [3.8, 4) is 0 Å². The van der Waals surface area contributed by atoms with Gasteiger partial charge in [0.1, 0.15) is 12.2 Å². The van der Waals surface area contributed by atoms with Crippen LogP contribution < -0.4 is 10.6 Å². The third kappa shape index (κ3) is 5.99. The minimum atomic E-state index is 0.530. The Balaban J connectivity index is 1.88. The lowest BCUT2D eigenvalue weighted by Gasteiger charge is -2.29. The Morgan fingerprint density at radius 3 is 2.64 bits per heavy atom. The molecule has 2 N–H and O–H groups in total. The van der Waals surface area contributed by atoms with Crippen molar-refractivity contribution >= 4 is 5.96 Å². The van der Waals surface area contributed by atoms with Crippen molar-refractivity contribution in [3.63, 3.8) is 0 Å². The quantitative estimate of drug-likeness (QED) is 0.522. The minimum absolute atomic E-state index is 0.530. The number of aliphatic imine (C=N–C) groups is 1. The van der Waals surface area contributed by atoms with Crippen LogP contribution in [0.5, 0.6) is 0 Å². The van der Waals surface area contributed by atoms with Gasteiger partial charge in [-0.05, 0) is 38.8 Å². The molecule has 25 heavy (non-hydrogen) atoms. The molecule has 7 nitrogen and oxygen atoms in total. The lowest BCUT2D eigenvalue weighted by atomic mass is 10.0. The number of likely N-dealkylation sites (tertiary alicyclic amines) is 1. The number of nitrogens with one attached hydrogen (secondary N) is 2. The Hall–Kier alpha value is -1.63. The smallest absolute Gasteiger partial charge is 0.191 e. The maximum absolute atomic E-state index is 4.85. The van der Waals surface area contributed by atoms with Gasteiger partial charge in [-0.15, -0.1) is 10.2 Å². The first kappa shape index (κ1) is 19.7. The van der Waals surface area contributed by atoms with Crippen LogP contribution in [-0.2, 0) is 13.0 Å². The molecule has 2 heterocycles. The van der Waals surface area contributed by atoms with Crippen LogP contribution >= 0.6 is 0 Å². The number of guanidine groups is 1. The van der Waals surface area contributed by atoms with E-state index in [9.17, 15) is 0 Å². The molecular weight excluding hydrogens is 314 g/mol. The van der Waals surface area contributed by atoms with Crippen LogP contribution in [0.3, 0.4) is 0 Å². The molecule has 0 spiro atoms. The van der Waals surface area contributed by atoms with Crippen molar-refractivity contribution in [3.05, 3.63) is 12.2 Å². The maximum atomic E-state index is 4.85. The van der Waals surface area contributed by atoms with Crippen molar-refractivity contribution in [2.24, 2.45) is 10.9 Å². The van der Waals surface area contributed by atoms with Crippen LogP contribution in [0.25, 0.3) is 0 Å². The van der Waals surface area contributed by atoms with Gasteiger partial charge in [0, 0.05) is 32.1 Å². The number of aromatic nitrogens is 3. The van der Waals surface area contributed by atoms with Crippen LogP contribution in [0.4, 0.5) is 0 Å². The molecule has 0 radical (unpaired) electrons. The first-order chi connectivity index (χ1) is 12.2. The van der Waals surface area contributed by atoms with Gasteiger partial charge in [0.25, 0.3) is 0 Å². The van der Waals surface area contributed by atoms with Gasteiger partial charge in [-0.2, -0.15) is 0 Å². The summed E-state index contributed by atoms with van der Waals surface area (Å²) in [7, 11) is 0. The largest absolute Gasteiger partial charge is 0.357 e. The molecule has 0 saturated carbocycles. The molecule has 2 rings (SSSR count). The lowest BCUT2D eigenvalue weighted by Crippen LogP contribution is -2.42. The second-order valence-electron chi connectivity index (χ2n) is 6.99. The zero-order chi connectivity index (χ0) is 18.1. The molecule has 0 aliphatic carbocycles. The topological polar surface area (TPSA) is 70.4 Å². The molecule has 1 atom stereocenters. The average Bonchev–Trinajstić information content (AvgIpc) is 3.26. The van der Waals surface area contributed by atoms with Gasteiger partial charge in [-0.3, -0.25) is 9.89 Å². The Morgan fingerprint density at radius 2 is 2.00 bits per heavy atom. The zero-order valence-corrected chi connectivity index (χ0v) is 16.3. The van der Waals surface area contributed by atoms with Gasteiger partial charge in [-0.1, -0.05) is 20.8 Å². The van der Waals surface area contributed by atoms with E-state index in [0.29, 0.717) is 12.0 Å². The highest BCUT2D eigenvalue weighted by Crippen LogP contribution is 2.17. The van der Waals surface area contributed by atoms with E-state index >= 15 is 0 Å². The number of aryl methyl sites for hydroxylation is 1. The van der Waals surface area contributed by atoms with Crippen LogP contribution in [0.2, 0.25) is 0 Å². The number of hydrogen-bond donors (Lipinski definition) is 2. The fraction of sp³-hybridized carbons (Fsp3) is 0.833. The minimum Gasteiger partial charge on any atom is -0.357 e. The second-order valence-corrected chi connectivity index (χ2v) is 6.99. The number of rotatable bonds is 9. The first-order valence-electron chi connectivity index (χ1n) is 9.78. The summed E-state index contributed by atoms with van der Waals surface area (Å²) in [5.41, 5.74) is 0. The maximum Gasteiger partial charge on any atom is 0.191 e. The summed E-state index contributed by atoms with van der Waals surface area (Å²) in [6.45, 7) is 14.6. The Morgan fingerprint density at radius 1 is 1.24 bits per heavy atom. The molecule has 7 heteroatoms. The molecule has 142 valence electrons. The van der Waals surface area contributed by atoms with Gasteiger partial charge in [0.2, 0.25) is 0 Å². The molecule has 1 saturated heterocycles. The summed E-state index contributed by atoms with van der Waals surface area (Å²) < 4.78 is 2.09. The normalized spacial score (nSPS) is 17.2. The van der Waals surface area contributed by atoms with Crippen molar-refractivity contribution in [2.45, 2.75) is 59.5 Å². The molecule has 1 aromatic heterocycles. The van der Waals surface area contributed by atoms with E-state index in [1.807, 2.05) is 0 Å². The van der Waals surface area contributed by atoms with Crippen molar-refractivity contribution in [1.29, 1.82) is 0 Å². The Kier molecular flexibility index (Phi) is 8.18. The molecule has 1 fully saturated rings. The van der Waals surface area contributed by atoms with Gasteiger partial charge >= 0.3 is 0 Å². The van der Waals surface area contributed by atoms with Crippen molar-refractivity contribution in [2.75, 3.05) is 32.7 Å². The highest BCUT2D eigenvalue weighted by atomic mass is 15.3. The van der Waals surface area contributed by atoms with E-state index in [4.69, 9.17) is 4.99 Å². The van der Waals surface area contributed by atoms with Gasteiger partial charge in [-0.25, -0.2) is 0 Å². The summed E-state index contributed by atoms with van der Waals surface area (Å²) in [6.07, 6.45) is 5.35.